The minimum atomic E-state index is 0.598. The first-order valence-corrected chi connectivity index (χ1v) is 6.53. The summed E-state index contributed by atoms with van der Waals surface area (Å²) in [6.07, 6.45) is 3.47. The highest BCUT2D eigenvalue weighted by molar-refractivity contribution is 7.71. The molecule has 4 heteroatoms. The molecule has 2 heterocycles. The van der Waals surface area contributed by atoms with E-state index in [9.17, 15) is 0 Å². The minimum absolute atomic E-state index is 0.598. The highest BCUT2D eigenvalue weighted by Crippen LogP contribution is 2.08. The normalized spacial score (nSPS) is 10.8. The molecule has 0 aromatic carbocycles. The average Bonchev–Trinajstić information content (AvgIpc) is 2.28. The van der Waals surface area contributed by atoms with Crippen LogP contribution < -0.4 is 0 Å². The maximum atomic E-state index is 5.20. The third kappa shape index (κ3) is 3.74. The molecule has 94 valence electrons. The molecule has 0 aliphatic rings. The van der Waals surface area contributed by atoms with Crippen LogP contribution >= 0.6 is 12.2 Å². The van der Waals surface area contributed by atoms with E-state index >= 15 is 0 Å². The number of pyridine rings is 1. The van der Waals surface area contributed by atoms with Gasteiger partial charge in [-0.3, -0.25) is 4.98 Å². The van der Waals surface area contributed by atoms with E-state index < -0.39 is 0 Å². The zero-order valence-corrected chi connectivity index (χ0v) is 11.5. The summed E-state index contributed by atoms with van der Waals surface area (Å²) >= 11 is 5.20. The minimum Gasteiger partial charge on any atom is -0.347 e. The number of nitrogens with one attached hydrogen (secondary N) is 1. The second-order valence-electron chi connectivity index (χ2n) is 4.79. The van der Waals surface area contributed by atoms with Crippen LogP contribution in [0.3, 0.4) is 0 Å². The monoisotopic (exact) mass is 259 g/mol. The van der Waals surface area contributed by atoms with Crippen LogP contribution in [0.25, 0.3) is 0 Å². The highest BCUT2D eigenvalue weighted by Gasteiger charge is 2.03. The van der Waals surface area contributed by atoms with E-state index in [2.05, 4.69) is 28.8 Å². The first-order chi connectivity index (χ1) is 8.63. The van der Waals surface area contributed by atoms with Crippen LogP contribution in [0.5, 0.6) is 0 Å². The van der Waals surface area contributed by atoms with Crippen LogP contribution in [0.15, 0.2) is 30.5 Å². The Morgan fingerprint density at radius 3 is 2.83 bits per heavy atom. The van der Waals surface area contributed by atoms with Crippen molar-refractivity contribution in [2.75, 3.05) is 0 Å². The third-order valence-corrected chi connectivity index (χ3v) is 2.76. The number of aromatic amines is 1. The molecule has 2 aromatic heterocycles. The fourth-order valence-corrected chi connectivity index (χ4v) is 2.12. The van der Waals surface area contributed by atoms with E-state index in [0.717, 1.165) is 23.6 Å². The second-order valence-corrected chi connectivity index (χ2v) is 5.21. The Balaban J connectivity index is 2.23. The van der Waals surface area contributed by atoms with Crippen molar-refractivity contribution in [1.29, 1.82) is 0 Å². The number of aromatic nitrogens is 3. The molecule has 1 N–H and O–H groups in total. The van der Waals surface area contributed by atoms with E-state index in [4.69, 9.17) is 12.2 Å². The van der Waals surface area contributed by atoms with Crippen molar-refractivity contribution in [3.63, 3.8) is 0 Å². The van der Waals surface area contributed by atoms with Gasteiger partial charge in [-0.05, 0) is 30.5 Å². The lowest BCUT2D eigenvalue weighted by Gasteiger charge is -2.07. The molecule has 0 atom stereocenters. The van der Waals surface area contributed by atoms with Gasteiger partial charge >= 0.3 is 0 Å². The molecule has 0 spiro atoms. The molecule has 0 fully saturated rings. The summed E-state index contributed by atoms with van der Waals surface area (Å²) in [7, 11) is 0. The summed E-state index contributed by atoms with van der Waals surface area (Å²) in [5.74, 6) is 1.48. The topological polar surface area (TPSA) is 41.6 Å². The van der Waals surface area contributed by atoms with Crippen molar-refractivity contribution in [3.05, 3.63) is 52.3 Å². The predicted octanol–water partition coefficient (Wildman–Crippen LogP) is 3.32. The molecular formula is C14H17N3S. The van der Waals surface area contributed by atoms with Gasteiger partial charge in [0.2, 0.25) is 0 Å². The van der Waals surface area contributed by atoms with Crippen LogP contribution in [-0.4, -0.2) is 15.0 Å². The largest absolute Gasteiger partial charge is 0.347 e. The second kappa shape index (κ2) is 5.87. The van der Waals surface area contributed by atoms with Gasteiger partial charge in [-0.2, -0.15) is 0 Å². The van der Waals surface area contributed by atoms with Crippen LogP contribution in [0.4, 0.5) is 0 Å². The Bertz CT molecular complexity index is 561. The summed E-state index contributed by atoms with van der Waals surface area (Å²) in [4.78, 5) is 12.0. The molecule has 0 amide bonds. The lowest BCUT2D eigenvalue weighted by Crippen LogP contribution is -2.04. The van der Waals surface area contributed by atoms with Crippen LogP contribution in [0.2, 0.25) is 0 Å². The molecule has 0 aliphatic heterocycles. The summed E-state index contributed by atoms with van der Waals surface area (Å²) in [5.41, 5.74) is 2.15. The van der Waals surface area contributed by atoms with E-state index in [1.54, 1.807) is 6.20 Å². The molecule has 0 saturated carbocycles. The van der Waals surface area contributed by atoms with Crippen molar-refractivity contribution in [2.24, 2.45) is 5.92 Å². The van der Waals surface area contributed by atoms with Gasteiger partial charge in [0.1, 0.15) is 10.5 Å². The number of hydrogen-bond acceptors (Lipinski definition) is 3. The summed E-state index contributed by atoms with van der Waals surface area (Å²) in [5, 5.41) is 0. The lowest BCUT2D eigenvalue weighted by atomic mass is 10.1. The maximum absolute atomic E-state index is 5.20. The molecule has 0 radical (unpaired) electrons. The summed E-state index contributed by atoms with van der Waals surface area (Å²) in [6, 6.07) is 7.83. The van der Waals surface area contributed by atoms with E-state index in [1.165, 1.54) is 0 Å². The standard InChI is InChI=1S/C14H17N3S/c1-10(2)7-12-9-14(18)17-13(16-12)8-11-5-3-4-6-15-11/h3-6,9-10H,7-8H2,1-2H3,(H,16,17,18). The van der Waals surface area contributed by atoms with Crippen molar-refractivity contribution in [2.45, 2.75) is 26.7 Å². The highest BCUT2D eigenvalue weighted by atomic mass is 32.1. The first kappa shape index (κ1) is 12.9. The first-order valence-electron chi connectivity index (χ1n) is 6.12. The van der Waals surface area contributed by atoms with Gasteiger partial charge in [-0.1, -0.05) is 32.1 Å². The Morgan fingerprint density at radius 2 is 2.17 bits per heavy atom. The Kier molecular flexibility index (Phi) is 4.20. The third-order valence-electron chi connectivity index (χ3n) is 2.55. The van der Waals surface area contributed by atoms with Crippen LogP contribution in [-0.2, 0) is 12.8 Å². The molecule has 0 saturated heterocycles. The quantitative estimate of drug-likeness (QED) is 0.856. The predicted molar refractivity (Wildman–Crippen MR) is 75.0 cm³/mol. The Hall–Kier alpha value is -1.55. The van der Waals surface area contributed by atoms with Crippen LogP contribution in [0, 0.1) is 10.6 Å². The van der Waals surface area contributed by atoms with Crippen molar-refractivity contribution in [1.82, 2.24) is 15.0 Å². The zero-order chi connectivity index (χ0) is 13.0. The van der Waals surface area contributed by atoms with Crippen molar-refractivity contribution < 1.29 is 0 Å². The van der Waals surface area contributed by atoms with Gasteiger partial charge in [0.15, 0.2) is 0 Å². The fourth-order valence-electron chi connectivity index (χ4n) is 1.87. The van der Waals surface area contributed by atoms with Gasteiger partial charge in [-0.25, -0.2) is 4.98 Å². The van der Waals surface area contributed by atoms with Crippen molar-refractivity contribution in [3.8, 4) is 0 Å². The SMILES string of the molecule is CC(C)Cc1cc(=S)nc(Cc2ccccn2)[nH]1. The number of hydrogen-bond donors (Lipinski definition) is 1. The van der Waals surface area contributed by atoms with E-state index in [-0.39, 0.29) is 0 Å². The summed E-state index contributed by atoms with van der Waals surface area (Å²) < 4.78 is 0.648. The van der Waals surface area contributed by atoms with Crippen LogP contribution in [0.1, 0.15) is 31.1 Å². The fraction of sp³-hybridized carbons (Fsp3) is 0.357. The molecule has 2 rings (SSSR count). The maximum Gasteiger partial charge on any atom is 0.130 e. The molecule has 2 aromatic rings. The smallest absolute Gasteiger partial charge is 0.130 e. The molecular weight excluding hydrogens is 242 g/mol. The molecule has 0 unspecified atom stereocenters. The van der Waals surface area contributed by atoms with Gasteiger partial charge in [-0.15, -0.1) is 0 Å². The van der Waals surface area contributed by atoms with E-state index in [0.29, 0.717) is 17.0 Å². The average molecular weight is 259 g/mol. The number of H-pyrrole nitrogens is 1. The lowest BCUT2D eigenvalue weighted by molar-refractivity contribution is 0.630. The van der Waals surface area contributed by atoms with Gasteiger partial charge in [0.25, 0.3) is 0 Å². The molecule has 0 aliphatic carbocycles. The molecule has 0 bridgehead atoms. The number of nitrogens with zero attached hydrogens (tertiary/aromatic N) is 2. The molecule has 18 heavy (non-hydrogen) atoms. The Morgan fingerprint density at radius 1 is 1.33 bits per heavy atom. The molecule has 3 nitrogen and oxygen atoms in total. The van der Waals surface area contributed by atoms with Gasteiger partial charge in [0, 0.05) is 24.0 Å². The van der Waals surface area contributed by atoms with Crippen molar-refractivity contribution >= 4 is 12.2 Å². The van der Waals surface area contributed by atoms with Gasteiger partial charge in [0.05, 0.1) is 0 Å². The van der Waals surface area contributed by atoms with Gasteiger partial charge < -0.3 is 4.98 Å². The zero-order valence-electron chi connectivity index (χ0n) is 10.7. The number of rotatable bonds is 4. The Labute approximate surface area is 112 Å². The van der Waals surface area contributed by atoms with E-state index in [1.807, 2.05) is 24.3 Å². The summed E-state index contributed by atoms with van der Waals surface area (Å²) in [6.45, 7) is 4.38.